The topological polar surface area (TPSA) is 20.2 Å². The number of hydrogen-bond acceptors (Lipinski definition) is 1. The predicted molar refractivity (Wildman–Crippen MR) is 54.9 cm³/mol. The van der Waals surface area contributed by atoms with E-state index in [1.165, 1.54) is 5.56 Å². The van der Waals surface area contributed by atoms with Gasteiger partial charge in [0.25, 0.3) is 0 Å². The molecule has 1 aromatic rings. The molecule has 0 aliphatic carbocycles. The molecule has 1 nitrogen and oxygen atoms in total. The Labute approximate surface area is 81.6 Å². The van der Waals surface area contributed by atoms with Crippen molar-refractivity contribution in [2.75, 3.05) is 5.33 Å². The van der Waals surface area contributed by atoms with Crippen LogP contribution in [-0.2, 0) is 0 Å². The highest BCUT2D eigenvalue weighted by atomic mass is 79.9. The second-order valence-electron chi connectivity index (χ2n) is 2.97. The summed E-state index contributed by atoms with van der Waals surface area (Å²) in [5, 5.41) is 10.2. The lowest BCUT2D eigenvalue weighted by Gasteiger charge is -2.09. The Morgan fingerprint density at radius 3 is 2.83 bits per heavy atom. The lowest BCUT2D eigenvalue weighted by atomic mass is 9.99. The molecule has 0 aromatic heterocycles. The molecule has 2 heteroatoms. The zero-order chi connectivity index (χ0) is 8.97. The van der Waals surface area contributed by atoms with Crippen LogP contribution in [0.3, 0.4) is 0 Å². The maximum atomic E-state index is 9.22. The molecule has 1 atom stereocenters. The summed E-state index contributed by atoms with van der Waals surface area (Å²) in [5.41, 5.74) is 1.20. The van der Waals surface area contributed by atoms with Crippen molar-refractivity contribution < 1.29 is 5.11 Å². The van der Waals surface area contributed by atoms with Crippen molar-refractivity contribution in [3.8, 4) is 5.75 Å². The van der Waals surface area contributed by atoms with Gasteiger partial charge < -0.3 is 5.11 Å². The SMILES string of the molecule is CC(CCBr)c1cccc(O)c1. The molecular weight excluding hydrogens is 216 g/mol. The average Bonchev–Trinajstić information content (AvgIpc) is 2.05. The molecule has 0 heterocycles. The molecule has 1 aromatic carbocycles. The van der Waals surface area contributed by atoms with Gasteiger partial charge in [-0.15, -0.1) is 0 Å². The molecule has 0 spiro atoms. The fourth-order valence-corrected chi connectivity index (χ4v) is 1.85. The quantitative estimate of drug-likeness (QED) is 0.788. The highest BCUT2D eigenvalue weighted by Gasteiger charge is 2.04. The van der Waals surface area contributed by atoms with E-state index in [2.05, 4.69) is 22.9 Å². The Morgan fingerprint density at radius 2 is 2.25 bits per heavy atom. The Balaban J connectivity index is 2.73. The van der Waals surface area contributed by atoms with Crippen LogP contribution in [0.25, 0.3) is 0 Å². The molecule has 1 N–H and O–H groups in total. The standard InChI is InChI=1S/C10H13BrO/c1-8(5-6-11)9-3-2-4-10(12)7-9/h2-4,7-8,12H,5-6H2,1H3. The van der Waals surface area contributed by atoms with E-state index in [4.69, 9.17) is 0 Å². The smallest absolute Gasteiger partial charge is 0.115 e. The maximum Gasteiger partial charge on any atom is 0.115 e. The van der Waals surface area contributed by atoms with Gasteiger partial charge in [0.15, 0.2) is 0 Å². The number of benzene rings is 1. The fourth-order valence-electron chi connectivity index (χ4n) is 1.16. The van der Waals surface area contributed by atoms with Gasteiger partial charge in [0.05, 0.1) is 0 Å². The average molecular weight is 229 g/mol. The lowest BCUT2D eigenvalue weighted by molar-refractivity contribution is 0.474. The molecule has 66 valence electrons. The van der Waals surface area contributed by atoms with Crippen LogP contribution in [0.1, 0.15) is 24.8 Å². The second kappa shape index (κ2) is 4.51. The van der Waals surface area contributed by atoms with Crippen LogP contribution >= 0.6 is 15.9 Å². The zero-order valence-electron chi connectivity index (χ0n) is 7.13. The minimum absolute atomic E-state index is 0.355. The van der Waals surface area contributed by atoms with Gasteiger partial charge in [-0.1, -0.05) is 35.0 Å². The van der Waals surface area contributed by atoms with Gasteiger partial charge in [-0.3, -0.25) is 0 Å². The van der Waals surface area contributed by atoms with Gasteiger partial charge in [0.2, 0.25) is 0 Å². The van der Waals surface area contributed by atoms with Crippen LogP contribution in [0, 0.1) is 0 Å². The molecular formula is C10H13BrO. The highest BCUT2D eigenvalue weighted by Crippen LogP contribution is 2.22. The Hall–Kier alpha value is -0.500. The summed E-state index contributed by atoms with van der Waals surface area (Å²) in [5.74, 6) is 0.866. The van der Waals surface area contributed by atoms with Gasteiger partial charge in [-0.2, -0.15) is 0 Å². The molecule has 0 amide bonds. The first-order valence-electron chi connectivity index (χ1n) is 4.09. The summed E-state index contributed by atoms with van der Waals surface area (Å²) in [6.45, 7) is 2.16. The zero-order valence-corrected chi connectivity index (χ0v) is 8.71. The van der Waals surface area contributed by atoms with E-state index in [-0.39, 0.29) is 0 Å². The molecule has 0 fully saturated rings. The van der Waals surface area contributed by atoms with E-state index >= 15 is 0 Å². The number of alkyl halides is 1. The summed E-state index contributed by atoms with van der Waals surface area (Å²) in [6, 6.07) is 7.46. The van der Waals surface area contributed by atoms with Crippen LogP contribution in [0.5, 0.6) is 5.75 Å². The lowest BCUT2D eigenvalue weighted by Crippen LogP contribution is -1.93. The van der Waals surface area contributed by atoms with Crippen molar-refractivity contribution in [1.82, 2.24) is 0 Å². The molecule has 12 heavy (non-hydrogen) atoms. The third kappa shape index (κ3) is 2.52. The molecule has 1 unspecified atom stereocenters. The normalized spacial score (nSPS) is 12.8. The minimum Gasteiger partial charge on any atom is -0.508 e. The summed E-state index contributed by atoms with van der Waals surface area (Å²) in [7, 11) is 0. The summed E-state index contributed by atoms with van der Waals surface area (Å²) < 4.78 is 0. The number of phenols is 1. The number of phenolic OH excluding ortho intramolecular Hbond substituents is 1. The predicted octanol–water partition coefficient (Wildman–Crippen LogP) is 3.28. The third-order valence-corrected chi connectivity index (χ3v) is 2.44. The second-order valence-corrected chi connectivity index (χ2v) is 3.77. The van der Waals surface area contributed by atoms with Crippen molar-refractivity contribution in [3.05, 3.63) is 29.8 Å². The van der Waals surface area contributed by atoms with Crippen molar-refractivity contribution in [2.45, 2.75) is 19.3 Å². The number of aromatic hydroxyl groups is 1. The molecule has 0 radical (unpaired) electrons. The summed E-state index contributed by atoms with van der Waals surface area (Å²) in [6.07, 6.45) is 1.10. The van der Waals surface area contributed by atoms with E-state index in [0.717, 1.165) is 11.8 Å². The van der Waals surface area contributed by atoms with Crippen LogP contribution in [0.4, 0.5) is 0 Å². The molecule has 0 saturated heterocycles. The first-order valence-corrected chi connectivity index (χ1v) is 5.21. The van der Waals surface area contributed by atoms with Crippen LogP contribution in [-0.4, -0.2) is 10.4 Å². The fraction of sp³-hybridized carbons (Fsp3) is 0.400. The van der Waals surface area contributed by atoms with Crippen molar-refractivity contribution in [2.24, 2.45) is 0 Å². The van der Waals surface area contributed by atoms with Gasteiger partial charge in [0, 0.05) is 5.33 Å². The summed E-state index contributed by atoms with van der Waals surface area (Å²) >= 11 is 3.40. The van der Waals surface area contributed by atoms with Crippen LogP contribution in [0.2, 0.25) is 0 Å². The van der Waals surface area contributed by atoms with E-state index in [9.17, 15) is 5.11 Å². The largest absolute Gasteiger partial charge is 0.508 e. The number of hydrogen-bond donors (Lipinski definition) is 1. The Kier molecular flexibility index (Phi) is 3.60. The van der Waals surface area contributed by atoms with Gasteiger partial charge in [-0.05, 0) is 30.0 Å². The first kappa shape index (κ1) is 9.59. The van der Waals surface area contributed by atoms with E-state index in [1.54, 1.807) is 6.07 Å². The summed E-state index contributed by atoms with van der Waals surface area (Å²) in [4.78, 5) is 0. The molecule has 0 aliphatic heterocycles. The molecule has 1 rings (SSSR count). The third-order valence-electron chi connectivity index (χ3n) is 1.98. The van der Waals surface area contributed by atoms with E-state index < -0.39 is 0 Å². The highest BCUT2D eigenvalue weighted by molar-refractivity contribution is 9.09. The maximum absolute atomic E-state index is 9.22. The van der Waals surface area contributed by atoms with E-state index in [0.29, 0.717) is 11.7 Å². The van der Waals surface area contributed by atoms with Crippen LogP contribution in [0.15, 0.2) is 24.3 Å². The van der Waals surface area contributed by atoms with E-state index in [1.807, 2.05) is 18.2 Å². The number of rotatable bonds is 3. The number of halogens is 1. The minimum atomic E-state index is 0.355. The van der Waals surface area contributed by atoms with Gasteiger partial charge >= 0.3 is 0 Å². The van der Waals surface area contributed by atoms with Gasteiger partial charge in [-0.25, -0.2) is 0 Å². The monoisotopic (exact) mass is 228 g/mol. The van der Waals surface area contributed by atoms with Crippen molar-refractivity contribution >= 4 is 15.9 Å². The van der Waals surface area contributed by atoms with Crippen molar-refractivity contribution in [3.63, 3.8) is 0 Å². The van der Waals surface area contributed by atoms with Gasteiger partial charge in [0.1, 0.15) is 5.75 Å². The first-order chi connectivity index (χ1) is 5.74. The Morgan fingerprint density at radius 1 is 1.50 bits per heavy atom. The molecule has 0 aliphatic rings. The Bertz CT molecular complexity index is 247. The molecule has 0 saturated carbocycles. The van der Waals surface area contributed by atoms with Crippen LogP contribution < -0.4 is 0 Å². The molecule has 0 bridgehead atoms. The van der Waals surface area contributed by atoms with Crippen molar-refractivity contribution in [1.29, 1.82) is 0 Å².